The molecule has 8 nitrogen and oxygen atoms in total. The number of anilines is 1. The molecule has 2 heterocycles. The van der Waals surface area contributed by atoms with Crippen molar-refractivity contribution in [1.29, 1.82) is 0 Å². The Morgan fingerprint density at radius 3 is 3.00 bits per heavy atom. The quantitative estimate of drug-likeness (QED) is 0.558. The molecule has 0 saturated carbocycles. The maximum absolute atomic E-state index is 11.1. The topological polar surface area (TPSA) is 106 Å². The van der Waals surface area contributed by atoms with Crippen LogP contribution < -0.4 is 5.32 Å². The van der Waals surface area contributed by atoms with Crippen molar-refractivity contribution in [3.63, 3.8) is 0 Å². The smallest absolute Gasteiger partial charge is 0.368 e. The van der Waals surface area contributed by atoms with E-state index in [0.717, 1.165) is 24.0 Å². The van der Waals surface area contributed by atoms with E-state index in [9.17, 15) is 15.2 Å². The molecule has 0 saturated heterocycles. The third-order valence-corrected chi connectivity index (χ3v) is 4.65. The number of hydrogen-bond donors (Lipinski definition) is 2. The molecule has 1 aliphatic carbocycles. The number of hydrogen-bond acceptors (Lipinski definition) is 6. The monoisotopic (exact) mass is 339 g/mol. The highest BCUT2D eigenvalue weighted by molar-refractivity contribution is 5.48. The van der Waals surface area contributed by atoms with Crippen LogP contribution in [-0.4, -0.2) is 31.2 Å². The maximum Gasteiger partial charge on any atom is 0.368 e. The Morgan fingerprint density at radius 2 is 2.16 bits per heavy atom. The van der Waals surface area contributed by atoms with Gasteiger partial charge in [-0.1, -0.05) is 33.9 Å². The van der Waals surface area contributed by atoms with Crippen LogP contribution in [0.15, 0.2) is 42.6 Å². The van der Waals surface area contributed by atoms with Crippen LogP contribution in [0.1, 0.15) is 24.0 Å². The minimum absolute atomic E-state index is 0.194. The van der Waals surface area contributed by atoms with E-state index in [4.69, 9.17) is 0 Å². The number of nitrogens with zero attached hydrogens (tertiary/aromatic N) is 4. The van der Waals surface area contributed by atoms with E-state index in [1.807, 2.05) is 24.3 Å². The third kappa shape index (κ3) is 2.70. The first-order valence-electron chi connectivity index (χ1n) is 8.11. The first kappa shape index (κ1) is 15.5. The van der Waals surface area contributed by atoms with Crippen LogP contribution in [0.25, 0.3) is 5.65 Å². The fourth-order valence-corrected chi connectivity index (χ4v) is 3.40. The molecule has 1 aliphatic rings. The summed E-state index contributed by atoms with van der Waals surface area (Å²) in [6, 6.07) is 11.2. The molecular formula is C17H17N5O3. The van der Waals surface area contributed by atoms with Gasteiger partial charge < -0.3 is 20.5 Å². The summed E-state index contributed by atoms with van der Waals surface area (Å²) in [4.78, 5) is 14.5. The van der Waals surface area contributed by atoms with Gasteiger partial charge in [-0.2, -0.15) is 0 Å². The van der Waals surface area contributed by atoms with Gasteiger partial charge in [-0.3, -0.25) is 0 Å². The average molecular weight is 339 g/mol. The molecule has 0 spiro atoms. The highest BCUT2D eigenvalue weighted by Crippen LogP contribution is 2.35. The van der Waals surface area contributed by atoms with Crippen molar-refractivity contribution in [3.05, 3.63) is 63.8 Å². The fraction of sp³-hybridized carbons (Fsp3) is 0.294. The lowest BCUT2D eigenvalue weighted by molar-refractivity contribution is -0.391. The van der Waals surface area contributed by atoms with Crippen LogP contribution in [-0.2, 0) is 12.0 Å². The number of fused-ring (bicyclic) bond motifs is 2. The SMILES string of the molecule is O=[N+]([O-])c1cnc2ccc(NCC3(O)CCCc4ccccc43)nn12. The van der Waals surface area contributed by atoms with Crippen molar-refractivity contribution in [2.45, 2.75) is 24.9 Å². The molecule has 0 bridgehead atoms. The highest BCUT2D eigenvalue weighted by Gasteiger charge is 2.34. The van der Waals surface area contributed by atoms with Crippen LogP contribution >= 0.6 is 0 Å². The molecule has 2 aromatic heterocycles. The number of aryl methyl sites for hydroxylation is 1. The van der Waals surface area contributed by atoms with Gasteiger partial charge in [0.25, 0.3) is 0 Å². The molecule has 1 aromatic carbocycles. The van der Waals surface area contributed by atoms with E-state index in [1.165, 1.54) is 10.7 Å². The highest BCUT2D eigenvalue weighted by atomic mass is 16.6. The second-order valence-corrected chi connectivity index (χ2v) is 6.26. The van der Waals surface area contributed by atoms with Crippen LogP contribution in [0.5, 0.6) is 0 Å². The van der Waals surface area contributed by atoms with Gasteiger partial charge in [-0.25, -0.2) is 4.98 Å². The van der Waals surface area contributed by atoms with Crippen LogP contribution in [0.4, 0.5) is 11.6 Å². The fourth-order valence-electron chi connectivity index (χ4n) is 3.40. The van der Waals surface area contributed by atoms with Gasteiger partial charge in [0, 0.05) is 12.6 Å². The number of nitro groups is 1. The third-order valence-electron chi connectivity index (χ3n) is 4.65. The number of nitrogens with one attached hydrogen (secondary N) is 1. The lowest BCUT2D eigenvalue weighted by Crippen LogP contribution is -2.37. The molecule has 0 amide bonds. The van der Waals surface area contributed by atoms with E-state index in [0.29, 0.717) is 17.9 Å². The minimum atomic E-state index is -0.980. The van der Waals surface area contributed by atoms with E-state index in [1.54, 1.807) is 12.1 Å². The number of imidazole rings is 1. The lowest BCUT2D eigenvalue weighted by atomic mass is 9.79. The van der Waals surface area contributed by atoms with E-state index in [2.05, 4.69) is 15.4 Å². The Morgan fingerprint density at radius 1 is 1.32 bits per heavy atom. The Labute approximate surface area is 143 Å². The number of rotatable bonds is 4. The first-order valence-corrected chi connectivity index (χ1v) is 8.11. The Kier molecular flexibility index (Phi) is 3.61. The molecule has 1 unspecified atom stereocenters. The molecule has 25 heavy (non-hydrogen) atoms. The Hall–Kier alpha value is -3.00. The number of aliphatic hydroxyl groups is 1. The molecule has 0 radical (unpaired) electrons. The van der Waals surface area contributed by atoms with Crippen molar-refractivity contribution in [2.24, 2.45) is 0 Å². The Balaban J connectivity index is 1.60. The largest absolute Gasteiger partial charge is 0.383 e. The Bertz CT molecular complexity index is 954. The van der Waals surface area contributed by atoms with Gasteiger partial charge in [0.2, 0.25) is 5.65 Å². The van der Waals surface area contributed by atoms with Crippen molar-refractivity contribution in [1.82, 2.24) is 14.6 Å². The summed E-state index contributed by atoms with van der Waals surface area (Å²) in [6.07, 6.45) is 3.71. The molecule has 128 valence electrons. The van der Waals surface area contributed by atoms with Gasteiger partial charge in [-0.05, 0) is 41.4 Å². The zero-order valence-corrected chi connectivity index (χ0v) is 13.4. The van der Waals surface area contributed by atoms with Gasteiger partial charge in [0.05, 0.1) is 0 Å². The predicted octanol–water partition coefficient (Wildman–Crippen LogP) is 2.27. The van der Waals surface area contributed by atoms with Gasteiger partial charge >= 0.3 is 5.82 Å². The summed E-state index contributed by atoms with van der Waals surface area (Å²) >= 11 is 0. The molecule has 4 rings (SSSR count). The van der Waals surface area contributed by atoms with Gasteiger partial charge in [-0.15, -0.1) is 0 Å². The second kappa shape index (κ2) is 5.82. The summed E-state index contributed by atoms with van der Waals surface area (Å²) in [5.41, 5.74) is 1.51. The van der Waals surface area contributed by atoms with E-state index < -0.39 is 10.5 Å². The summed E-state index contributed by atoms with van der Waals surface area (Å²) in [7, 11) is 0. The van der Waals surface area contributed by atoms with Crippen LogP contribution in [0, 0.1) is 10.1 Å². The van der Waals surface area contributed by atoms with E-state index in [-0.39, 0.29) is 12.4 Å². The normalized spacial score (nSPS) is 19.6. The standard InChI is InChI=1S/C17H17N5O3/c23-17(9-3-5-12-4-1-2-6-13(12)17)11-19-14-7-8-15-18-10-16(22(24)25)21(15)20-14/h1-2,4,6-8,10,23H,3,5,9,11H2,(H,19,20). The maximum atomic E-state index is 11.1. The number of benzene rings is 1. The lowest BCUT2D eigenvalue weighted by Gasteiger charge is -2.34. The van der Waals surface area contributed by atoms with Gasteiger partial charge in [0.15, 0.2) is 5.82 Å². The molecule has 0 aliphatic heterocycles. The predicted molar refractivity (Wildman–Crippen MR) is 91.4 cm³/mol. The molecular weight excluding hydrogens is 322 g/mol. The minimum Gasteiger partial charge on any atom is -0.383 e. The zero-order valence-electron chi connectivity index (χ0n) is 13.4. The summed E-state index contributed by atoms with van der Waals surface area (Å²) in [5.74, 6) is 0.255. The molecule has 0 fully saturated rings. The first-order chi connectivity index (χ1) is 12.1. The van der Waals surface area contributed by atoms with Crippen molar-refractivity contribution in [3.8, 4) is 0 Å². The van der Waals surface area contributed by atoms with Crippen molar-refractivity contribution < 1.29 is 10.0 Å². The molecule has 2 N–H and O–H groups in total. The second-order valence-electron chi connectivity index (χ2n) is 6.26. The number of aromatic nitrogens is 3. The molecule has 1 atom stereocenters. The summed E-state index contributed by atoms with van der Waals surface area (Å²) in [6.45, 7) is 0.283. The van der Waals surface area contributed by atoms with Crippen LogP contribution in [0.3, 0.4) is 0 Å². The summed E-state index contributed by atoms with van der Waals surface area (Å²) < 4.78 is 1.18. The molecule has 3 aromatic rings. The zero-order chi connectivity index (χ0) is 17.4. The van der Waals surface area contributed by atoms with Crippen molar-refractivity contribution >= 4 is 17.3 Å². The van der Waals surface area contributed by atoms with Crippen molar-refractivity contribution in [2.75, 3.05) is 11.9 Å². The van der Waals surface area contributed by atoms with Crippen LogP contribution in [0.2, 0.25) is 0 Å². The average Bonchev–Trinajstić information content (AvgIpc) is 3.04. The van der Waals surface area contributed by atoms with Gasteiger partial charge in [0.1, 0.15) is 11.8 Å². The van der Waals surface area contributed by atoms with E-state index >= 15 is 0 Å². The summed E-state index contributed by atoms with van der Waals surface area (Å²) in [5, 5.41) is 29.4. The molecule has 8 heteroatoms.